The number of unbranched alkanes of at least 4 members (excludes halogenated alkanes) is 1. The van der Waals surface area contributed by atoms with Gasteiger partial charge in [0.25, 0.3) is 0 Å². The maximum atomic E-state index is 13.5. The number of rotatable bonds is 6. The van der Waals surface area contributed by atoms with Crippen molar-refractivity contribution in [3.05, 3.63) is 24.0 Å². The number of halogens is 1. The van der Waals surface area contributed by atoms with E-state index in [4.69, 9.17) is 0 Å². The fourth-order valence-corrected chi connectivity index (χ4v) is 3.28. The van der Waals surface area contributed by atoms with Gasteiger partial charge in [-0.1, -0.05) is 13.3 Å². The molecule has 1 aromatic carbocycles. The minimum Gasteiger partial charge on any atom is -0.224 e. The van der Waals surface area contributed by atoms with Gasteiger partial charge in [0.05, 0.1) is 4.90 Å². The van der Waals surface area contributed by atoms with Gasteiger partial charge in [0, 0.05) is 12.8 Å². The van der Waals surface area contributed by atoms with E-state index >= 15 is 0 Å². The molecule has 0 amide bonds. The average Bonchev–Trinajstić information content (AvgIpc) is 2.27. The molecular formula is C11H16FNO4S2. The van der Waals surface area contributed by atoms with Crippen molar-refractivity contribution in [1.82, 2.24) is 4.72 Å². The molecule has 8 heteroatoms. The molecule has 5 nitrogen and oxygen atoms in total. The van der Waals surface area contributed by atoms with Gasteiger partial charge >= 0.3 is 0 Å². The predicted octanol–water partition coefficient (Wildman–Crippen LogP) is 1.31. The quantitative estimate of drug-likeness (QED) is 0.634. The van der Waals surface area contributed by atoms with Crippen LogP contribution in [-0.4, -0.2) is 29.6 Å². The second-order valence-electron chi connectivity index (χ2n) is 4.12. The first-order valence-corrected chi connectivity index (χ1v) is 9.05. The molecule has 1 N–H and O–H groups in total. The Morgan fingerprint density at radius 1 is 1.21 bits per heavy atom. The molecule has 0 aliphatic heterocycles. The van der Waals surface area contributed by atoms with Crippen molar-refractivity contribution in [2.45, 2.75) is 29.6 Å². The Hall–Kier alpha value is -0.990. The summed E-state index contributed by atoms with van der Waals surface area (Å²) in [6, 6.07) is 2.71. The standard InChI is InChI=1S/C11H16FNO4S2/c1-3-4-7-13-19(16,17)11-8-9(18(2,14)15)5-6-10(11)12/h5-6,8,13H,3-4,7H2,1-2H3. The first kappa shape index (κ1) is 16.1. The van der Waals surface area contributed by atoms with Crippen molar-refractivity contribution in [3.63, 3.8) is 0 Å². The summed E-state index contributed by atoms with van der Waals surface area (Å²) in [5, 5.41) is 0. The summed E-state index contributed by atoms with van der Waals surface area (Å²) >= 11 is 0. The van der Waals surface area contributed by atoms with Crippen LogP contribution in [0.4, 0.5) is 4.39 Å². The van der Waals surface area contributed by atoms with Crippen LogP contribution in [0.3, 0.4) is 0 Å². The van der Waals surface area contributed by atoms with Crippen LogP contribution in [0, 0.1) is 5.82 Å². The van der Waals surface area contributed by atoms with Crippen molar-refractivity contribution in [2.24, 2.45) is 0 Å². The molecule has 0 aliphatic carbocycles. The molecule has 0 radical (unpaired) electrons. The van der Waals surface area contributed by atoms with E-state index in [1.54, 1.807) is 0 Å². The highest BCUT2D eigenvalue weighted by molar-refractivity contribution is 7.91. The van der Waals surface area contributed by atoms with E-state index in [0.717, 1.165) is 30.9 Å². The number of sulfonamides is 1. The van der Waals surface area contributed by atoms with E-state index in [1.807, 2.05) is 6.92 Å². The fraction of sp³-hybridized carbons (Fsp3) is 0.455. The first-order valence-electron chi connectivity index (χ1n) is 5.67. The SMILES string of the molecule is CCCCNS(=O)(=O)c1cc(S(C)(=O)=O)ccc1F. The lowest BCUT2D eigenvalue weighted by Crippen LogP contribution is -2.25. The maximum Gasteiger partial charge on any atom is 0.243 e. The molecule has 0 atom stereocenters. The molecule has 0 saturated heterocycles. The summed E-state index contributed by atoms with van der Waals surface area (Å²) in [5.74, 6) is -0.976. The molecule has 1 aromatic rings. The third-order valence-corrected chi connectivity index (χ3v) is 5.03. The average molecular weight is 309 g/mol. The zero-order chi connectivity index (χ0) is 14.7. The highest BCUT2D eigenvalue weighted by atomic mass is 32.2. The molecule has 1 rings (SSSR count). The van der Waals surface area contributed by atoms with Crippen LogP contribution in [-0.2, 0) is 19.9 Å². The molecular weight excluding hydrogens is 293 g/mol. The number of hydrogen-bond acceptors (Lipinski definition) is 4. The second-order valence-corrected chi connectivity index (χ2v) is 7.87. The lowest BCUT2D eigenvalue weighted by atomic mass is 10.3. The van der Waals surface area contributed by atoms with Crippen molar-refractivity contribution in [2.75, 3.05) is 12.8 Å². The summed E-state index contributed by atoms with van der Waals surface area (Å²) < 4.78 is 62.2. The van der Waals surface area contributed by atoms with Crippen molar-refractivity contribution in [1.29, 1.82) is 0 Å². The van der Waals surface area contributed by atoms with Gasteiger partial charge in [-0.25, -0.2) is 25.9 Å². The topological polar surface area (TPSA) is 80.3 Å². The molecule has 0 bridgehead atoms. The van der Waals surface area contributed by atoms with Crippen LogP contribution in [0.5, 0.6) is 0 Å². The normalized spacial score (nSPS) is 12.6. The highest BCUT2D eigenvalue weighted by Crippen LogP contribution is 2.19. The minimum absolute atomic E-state index is 0.182. The van der Waals surface area contributed by atoms with E-state index in [2.05, 4.69) is 4.72 Å². The Morgan fingerprint density at radius 3 is 2.37 bits per heavy atom. The van der Waals surface area contributed by atoms with E-state index in [0.29, 0.717) is 6.42 Å². The highest BCUT2D eigenvalue weighted by Gasteiger charge is 2.21. The summed E-state index contributed by atoms with van der Waals surface area (Å²) in [6.45, 7) is 2.07. The van der Waals surface area contributed by atoms with Crippen molar-refractivity contribution >= 4 is 19.9 Å². The van der Waals surface area contributed by atoms with Crippen LogP contribution in [0.15, 0.2) is 28.0 Å². The molecule has 0 spiro atoms. The van der Waals surface area contributed by atoms with Gasteiger partial charge in [0.2, 0.25) is 10.0 Å². The molecule has 0 aromatic heterocycles. The minimum atomic E-state index is -4.04. The van der Waals surface area contributed by atoms with Gasteiger partial charge in [-0.05, 0) is 24.6 Å². The Balaban J connectivity index is 3.19. The number of hydrogen-bond donors (Lipinski definition) is 1. The zero-order valence-electron chi connectivity index (χ0n) is 10.7. The number of nitrogens with one attached hydrogen (secondary N) is 1. The van der Waals surface area contributed by atoms with Gasteiger partial charge in [0.1, 0.15) is 10.7 Å². The van der Waals surface area contributed by atoms with Crippen LogP contribution in [0.25, 0.3) is 0 Å². The van der Waals surface area contributed by atoms with Crippen LogP contribution in [0.1, 0.15) is 19.8 Å². The zero-order valence-corrected chi connectivity index (χ0v) is 12.3. The number of sulfone groups is 1. The summed E-state index contributed by atoms with van der Waals surface area (Å²) in [7, 11) is -7.62. The molecule has 19 heavy (non-hydrogen) atoms. The fourth-order valence-electron chi connectivity index (χ4n) is 1.38. The Kier molecular flexibility index (Phi) is 5.05. The van der Waals surface area contributed by atoms with Crippen molar-refractivity contribution in [3.8, 4) is 0 Å². The lowest BCUT2D eigenvalue weighted by molar-refractivity contribution is 0.553. The van der Waals surface area contributed by atoms with E-state index in [-0.39, 0.29) is 11.4 Å². The molecule has 0 aliphatic rings. The summed E-state index contributed by atoms with van der Waals surface area (Å²) in [4.78, 5) is -0.878. The van der Waals surface area contributed by atoms with Gasteiger partial charge in [-0.2, -0.15) is 0 Å². The van der Waals surface area contributed by atoms with Gasteiger partial charge < -0.3 is 0 Å². The monoisotopic (exact) mass is 309 g/mol. The van der Waals surface area contributed by atoms with E-state index < -0.39 is 30.6 Å². The molecule has 0 fully saturated rings. The maximum absolute atomic E-state index is 13.5. The third kappa shape index (κ3) is 4.26. The number of benzene rings is 1. The van der Waals surface area contributed by atoms with E-state index in [1.165, 1.54) is 0 Å². The Morgan fingerprint density at radius 2 is 1.84 bits per heavy atom. The molecule has 108 valence electrons. The Bertz CT molecular complexity index is 653. The smallest absolute Gasteiger partial charge is 0.224 e. The van der Waals surface area contributed by atoms with Crippen LogP contribution in [0.2, 0.25) is 0 Å². The second kappa shape index (κ2) is 5.98. The summed E-state index contributed by atoms with van der Waals surface area (Å²) in [5.41, 5.74) is 0. The molecule has 0 unspecified atom stereocenters. The van der Waals surface area contributed by atoms with Gasteiger partial charge in [0.15, 0.2) is 9.84 Å². The lowest BCUT2D eigenvalue weighted by Gasteiger charge is -2.08. The van der Waals surface area contributed by atoms with Crippen molar-refractivity contribution < 1.29 is 21.2 Å². The van der Waals surface area contributed by atoms with Gasteiger partial charge in [-0.3, -0.25) is 0 Å². The van der Waals surface area contributed by atoms with Gasteiger partial charge in [-0.15, -0.1) is 0 Å². The largest absolute Gasteiger partial charge is 0.243 e. The Labute approximate surface area is 112 Å². The van der Waals surface area contributed by atoms with E-state index in [9.17, 15) is 21.2 Å². The third-order valence-electron chi connectivity index (χ3n) is 2.44. The summed E-state index contributed by atoms with van der Waals surface area (Å²) in [6.07, 6.45) is 2.34. The van der Waals surface area contributed by atoms with Crippen LogP contribution >= 0.6 is 0 Å². The van der Waals surface area contributed by atoms with Crippen LogP contribution < -0.4 is 4.72 Å². The first-order chi connectivity index (χ1) is 8.68. The predicted molar refractivity (Wildman–Crippen MR) is 69.6 cm³/mol. The molecule has 0 heterocycles. The molecule has 0 saturated carbocycles.